The number of aromatic nitrogens is 3. The van der Waals surface area contributed by atoms with Gasteiger partial charge in [0.25, 0.3) is 5.91 Å². The molecular weight excluding hydrogens is 372 g/mol. The highest BCUT2D eigenvalue weighted by atomic mass is 32.1. The summed E-state index contributed by atoms with van der Waals surface area (Å²) in [6, 6.07) is 9.69. The highest BCUT2D eigenvalue weighted by Crippen LogP contribution is 2.34. The van der Waals surface area contributed by atoms with Crippen LogP contribution in [0.5, 0.6) is 5.75 Å². The van der Waals surface area contributed by atoms with Crippen LogP contribution in [0.4, 0.5) is 0 Å². The molecule has 28 heavy (non-hydrogen) atoms. The largest absolute Gasteiger partial charge is 0.493 e. The maximum atomic E-state index is 13.0. The van der Waals surface area contributed by atoms with Gasteiger partial charge in [-0.2, -0.15) is 5.10 Å². The molecule has 0 bridgehead atoms. The van der Waals surface area contributed by atoms with Gasteiger partial charge in [-0.1, -0.05) is 6.07 Å². The Morgan fingerprint density at radius 3 is 2.93 bits per heavy atom. The van der Waals surface area contributed by atoms with Crippen LogP contribution >= 0.6 is 11.3 Å². The zero-order valence-corrected chi connectivity index (χ0v) is 16.5. The van der Waals surface area contributed by atoms with Crippen LogP contribution in [0, 0.1) is 0 Å². The number of thiophene rings is 1. The smallest absolute Gasteiger partial charge is 0.254 e. The average molecular weight is 392 g/mol. The molecule has 0 spiro atoms. The molecule has 1 aromatic carbocycles. The van der Waals surface area contributed by atoms with Crippen LogP contribution in [0.1, 0.15) is 22.8 Å². The van der Waals surface area contributed by atoms with E-state index in [2.05, 4.69) is 15.2 Å². The lowest BCUT2D eigenvalue weighted by molar-refractivity contribution is 0.0785. The fourth-order valence-corrected chi connectivity index (χ4v) is 3.91. The van der Waals surface area contributed by atoms with Gasteiger partial charge in [-0.25, -0.2) is 0 Å². The molecule has 7 heteroatoms. The maximum absolute atomic E-state index is 13.0. The van der Waals surface area contributed by atoms with Gasteiger partial charge in [0.1, 0.15) is 5.75 Å². The lowest BCUT2D eigenvalue weighted by Crippen LogP contribution is -2.26. The van der Waals surface area contributed by atoms with Crippen LogP contribution < -0.4 is 4.74 Å². The maximum Gasteiger partial charge on any atom is 0.254 e. The third-order valence-corrected chi connectivity index (χ3v) is 5.41. The summed E-state index contributed by atoms with van der Waals surface area (Å²) >= 11 is 1.65. The number of ether oxygens (including phenoxy) is 1. The van der Waals surface area contributed by atoms with E-state index in [0.29, 0.717) is 18.7 Å². The fourth-order valence-electron chi connectivity index (χ4n) is 3.16. The molecule has 1 amide bonds. The molecule has 0 saturated heterocycles. The van der Waals surface area contributed by atoms with Gasteiger partial charge >= 0.3 is 0 Å². The molecule has 0 saturated carbocycles. The van der Waals surface area contributed by atoms with Crippen molar-refractivity contribution in [3.8, 4) is 16.2 Å². The molecule has 0 aliphatic heterocycles. The van der Waals surface area contributed by atoms with Crippen LogP contribution in [0.2, 0.25) is 0 Å². The molecule has 6 nitrogen and oxygen atoms in total. The van der Waals surface area contributed by atoms with Crippen LogP contribution in [-0.2, 0) is 6.54 Å². The van der Waals surface area contributed by atoms with Crippen molar-refractivity contribution < 1.29 is 9.53 Å². The minimum absolute atomic E-state index is 0.0739. The normalized spacial score (nSPS) is 10.9. The van der Waals surface area contributed by atoms with E-state index >= 15 is 0 Å². The molecule has 4 aromatic rings. The summed E-state index contributed by atoms with van der Waals surface area (Å²) in [6.45, 7) is 2.91. The van der Waals surface area contributed by atoms with Crippen LogP contribution in [0.3, 0.4) is 0 Å². The molecule has 0 unspecified atom stereocenters. The number of nitrogens with one attached hydrogen (secondary N) is 1. The lowest BCUT2D eigenvalue weighted by atomic mass is 10.1. The summed E-state index contributed by atoms with van der Waals surface area (Å²) in [5.74, 6) is 0.650. The van der Waals surface area contributed by atoms with E-state index in [1.54, 1.807) is 41.9 Å². The summed E-state index contributed by atoms with van der Waals surface area (Å²) in [7, 11) is 1.78. The summed E-state index contributed by atoms with van der Waals surface area (Å²) in [5, 5.41) is 9.99. The quantitative estimate of drug-likeness (QED) is 0.529. The molecule has 3 aromatic heterocycles. The van der Waals surface area contributed by atoms with Gasteiger partial charge in [0.05, 0.1) is 18.3 Å². The Morgan fingerprint density at radius 1 is 1.25 bits per heavy atom. The van der Waals surface area contributed by atoms with Gasteiger partial charge < -0.3 is 9.64 Å². The number of nitrogens with zero attached hydrogens (tertiary/aromatic N) is 3. The van der Waals surface area contributed by atoms with Crippen molar-refractivity contribution in [3.63, 3.8) is 0 Å². The minimum atomic E-state index is -0.0739. The number of amides is 1. The second-order valence-corrected chi connectivity index (χ2v) is 7.36. The molecule has 142 valence electrons. The topological polar surface area (TPSA) is 71.1 Å². The van der Waals surface area contributed by atoms with Gasteiger partial charge in [0, 0.05) is 52.9 Å². The number of carbonyl (C=O) groups is 1. The first kappa shape index (κ1) is 18.2. The Labute approximate surface area is 166 Å². The molecule has 0 aliphatic carbocycles. The predicted molar refractivity (Wildman–Crippen MR) is 111 cm³/mol. The standard InChI is InChI=1S/C21H20N4O2S/c1-3-27-18-9-14(6-7-17(18)19-5-4-8-28-19)21(26)25(2)13-16-11-22-10-15-12-23-24-20(15)16/h4-12H,3,13H2,1-2H3,(H,23,24). The zero-order valence-electron chi connectivity index (χ0n) is 15.7. The molecule has 3 heterocycles. The van der Waals surface area contributed by atoms with Gasteiger partial charge in [0.15, 0.2) is 0 Å². The van der Waals surface area contributed by atoms with E-state index in [4.69, 9.17) is 4.74 Å². The van der Waals surface area contributed by atoms with Gasteiger partial charge in [-0.15, -0.1) is 11.3 Å². The van der Waals surface area contributed by atoms with Crippen LogP contribution in [0.25, 0.3) is 21.3 Å². The number of aromatic amines is 1. The van der Waals surface area contributed by atoms with E-state index in [-0.39, 0.29) is 5.91 Å². The molecule has 4 rings (SSSR count). The monoisotopic (exact) mass is 392 g/mol. The first-order valence-corrected chi connectivity index (χ1v) is 9.87. The van der Waals surface area contributed by atoms with E-state index in [1.165, 1.54) is 0 Å². The Kier molecular flexibility index (Phi) is 5.08. The van der Waals surface area contributed by atoms with Gasteiger partial charge in [-0.05, 0) is 36.6 Å². The van der Waals surface area contributed by atoms with E-state index in [1.807, 2.05) is 42.6 Å². The van der Waals surface area contributed by atoms with Gasteiger partial charge in [0.2, 0.25) is 0 Å². The van der Waals surface area contributed by atoms with Crippen LogP contribution in [-0.4, -0.2) is 39.6 Å². The summed E-state index contributed by atoms with van der Waals surface area (Å²) < 4.78 is 5.81. The number of benzene rings is 1. The molecular formula is C21H20N4O2S. The summed E-state index contributed by atoms with van der Waals surface area (Å²) in [6.07, 6.45) is 5.24. The zero-order chi connectivity index (χ0) is 19.5. The molecule has 0 aliphatic rings. The Morgan fingerprint density at radius 2 is 2.14 bits per heavy atom. The number of hydrogen-bond acceptors (Lipinski definition) is 5. The Balaban J connectivity index is 1.60. The third kappa shape index (κ3) is 3.48. The van der Waals surface area contributed by atoms with Crippen molar-refractivity contribution in [1.82, 2.24) is 20.1 Å². The van der Waals surface area contributed by atoms with Crippen LogP contribution in [0.15, 0.2) is 54.3 Å². The SMILES string of the molecule is CCOc1cc(C(=O)N(C)Cc2cncc3cn[nH]c23)ccc1-c1cccs1. The van der Waals surface area contributed by atoms with E-state index in [0.717, 1.165) is 32.7 Å². The molecule has 0 atom stereocenters. The van der Waals surface area contributed by atoms with Gasteiger partial charge in [-0.3, -0.25) is 14.9 Å². The second-order valence-electron chi connectivity index (χ2n) is 6.42. The van der Waals surface area contributed by atoms with E-state index < -0.39 is 0 Å². The number of fused-ring (bicyclic) bond motifs is 1. The highest BCUT2D eigenvalue weighted by Gasteiger charge is 2.17. The molecule has 0 fully saturated rings. The average Bonchev–Trinajstić information content (AvgIpc) is 3.40. The van der Waals surface area contributed by atoms with Crippen molar-refractivity contribution in [1.29, 1.82) is 0 Å². The number of pyridine rings is 1. The predicted octanol–water partition coefficient (Wildman–Crippen LogP) is 4.36. The number of H-pyrrole nitrogens is 1. The second kappa shape index (κ2) is 7.82. The fraction of sp³-hybridized carbons (Fsp3) is 0.190. The molecule has 1 N–H and O–H groups in total. The summed E-state index contributed by atoms with van der Waals surface area (Å²) in [4.78, 5) is 20.0. The number of rotatable bonds is 6. The first-order chi connectivity index (χ1) is 13.7. The number of carbonyl (C=O) groups excluding carboxylic acids is 1. The summed E-state index contributed by atoms with van der Waals surface area (Å²) in [5.41, 5.74) is 3.42. The molecule has 0 radical (unpaired) electrons. The lowest BCUT2D eigenvalue weighted by Gasteiger charge is -2.19. The Hall–Kier alpha value is -3.19. The van der Waals surface area contributed by atoms with Crippen molar-refractivity contribution in [3.05, 3.63) is 65.4 Å². The first-order valence-electron chi connectivity index (χ1n) is 8.99. The minimum Gasteiger partial charge on any atom is -0.493 e. The van der Waals surface area contributed by atoms with Crippen molar-refractivity contribution in [2.45, 2.75) is 13.5 Å². The van der Waals surface area contributed by atoms with Crippen molar-refractivity contribution in [2.75, 3.05) is 13.7 Å². The highest BCUT2D eigenvalue weighted by molar-refractivity contribution is 7.13. The van der Waals surface area contributed by atoms with Crippen molar-refractivity contribution >= 4 is 28.1 Å². The van der Waals surface area contributed by atoms with E-state index in [9.17, 15) is 4.79 Å². The Bertz CT molecular complexity index is 1100. The van der Waals surface area contributed by atoms with Crippen molar-refractivity contribution in [2.24, 2.45) is 0 Å². The number of hydrogen-bond donors (Lipinski definition) is 1. The third-order valence-electron chi connectivity index (χ3n) is 4.50.